The highest BCUT2D eigenvalue weighted by atomic mass is 16.2. The third kappa shape index (κ3) is 4.48. The van der Waals surface area contributed by atoms with E-state index in [4.69, 9.17) is 0 Å². The lowest BCUT2D eigenvalue weighted by atomic mass is 10.2. The van der Waals surface area contributed by atoms with E-state index in [0.717, 1.165) is 17.8 Å². The highest BCUT2D eigenvalue weighted by molar-refractivity contribution is 5.91. The van der Waals surface area contributed by atoms with Crippen molar-refractivity contribution in [3.8, 4) is 0 Å². The normalized spacial score (nSPS) is 19.8. The van der Waals surface area contributed by atoms with Crippen molar-refractivity contribution in [3.63, 3.8) is 0 Å². The first-order chi connectivity index (χ1) is 9.97. The maximum Gasteiger partial charge on any atom is 0.226 e. The molecular weight excluding hydrogens is 266 g/mol. The number of benzene rings is 1. The minimum Gasteiger partial charge on any atom is -0.378 e. The molecule has 0 radical (unpaired) electrons. The molecule has 2 amide bonds. The number of amides is 2. The van der Waals surface area contributed by atoms with Gasteiger partial charge in [0.2, 0.25) is 11.8 Å². The smallest absolute Gasteiger partial charge is 0.226 e. The third-order valence-corrected chi connectivity index (χ3v) is 3.76. The molecule has 2 rings (SSSR count). The van der Waals surface area contributed by atoms with Crippen LogP contribution in [0, 0.1) is 11.8 Å². The topological polar surface area (TPSA) is 61.4 Å². The van der Waals surface area contributed by atoms with Crippen LogP contribution in [0.1, 0.15) is 19.8 Å². The molecule has 5 heteroatoms. The van der Waals surface area contributed by atoms with Crippen LogP contribution in [0.5, 0.6) is 0 Å². The van der Waals surface area contributed by atoms with Gasteiger partial charge >= 0.3 is 0 Å². The summed E-state index contributed by atoms with van der Waals surface area (Å²) in [7, 11) is 3.94. The molecule has 21 heavy (non-hydrogen) atoms. The molecule has 0 unspecified atom stereocenters. The molecule has 1 fully saturated rings. The van der Waals surface area contributed by atoms with Crippen LogP contribution in [-0.4, -0.2) is 32.5 Å². The van der Waals surface area contributed by atoms with Crippen molar-refractivity contribution in [2.75, 3.05) is 30.9 Å². The molecule has 2 atom stereocenters. The molecule has 0 heterocycles. The highest BCUT2D eigenvalue weighted by Gasteiger charge is 2.38. The molecule has 0 aliphatic heterocycles. The lowest BCUT2D eigenvalue weighted by molar-refractivity contribution is -0.122. The fourth-order valence-corrected chi connectivity index (χ4v) is 2.18. The van der Waals surface area contributed by atoms with Gasteiger partial charge < -0.3 is 15.5 Å². The number of anilines is 2. The van der Waals surface area contributed by atoms with E-state index >= 15 is 0 Å². The number of hydrogen-bond donors (Lipinski definition) is 2. The zero-order valence-electron chi connectivity index (χ0n) is 12.8. The summed E-state index contributed by atoms with van der Waals surface area (Å²) in [4.78, 5) is 25.4. The van der Waals surface area contributed by atoms with Gasteiger partial charge in [-0.1, -0.05) is 6.92 Å². The third-order valence-electron chi connectivity index (χ3n) is 3.76. The van der Waals surface area contributed by atoms with Crippen LogP contribution in [-0.2, 0) is 9.59 Å². The van der Waals surface area contributed by atoms with Crippen molar-refractivity contribution in [3.05, 3.63) is 24.3 Å². The maximum absolute atomic E-state index is 11.8. The predicted octanol–water partition coefficient (Wildman–Crippen LogP) is 1.85. The van der Waals surface area contributed by atoms with E-state index in [1.54, 1.807) is 0 Å². The molecule has 1 aromatic rings. The molecule has 0 spiro atoms. The lowest BCUT2D eigenvalue weighted by Crippen LogP contribution is -2.29. The summed E-state index contributed by atoms with van der Waals surface area (Å²) in [6.07, 6.45) is 1.26. The van der Waals surface area contributed by atoms with Crippen LogP contribution in [0.3, 0.4) is 0 Å². The number of carbonyl (C=O) groups excluding carboxylic acids is 2. The number of nitrogens with zero attached hydrogens (tertiary/aromatic N) is 1. The van der Waals surface area contributed by atoms with Crippen LogP contribution in [0.2, 0.25) is 0 Å². The summed E-state index contributed by atoms with van der Waals surface area (Å²) in [6, 6.07) is 7.65. The van der Waals surface area contributed by atoms with Crippen LogP contribution >= 0.6 is 0 Å². The Morgan fingerprint density at radius 3 is 2.38 bits per heavy atom. The number of carbonyl (C=O) groups is 2. The van der Waals surface area contributed by atoms with E-state index in [1.165, 1.54) is 0 Å². The zero-order chi connectivity index (χ0) is 15.4. The van der Waals surface area contributed by atoms with Crippen molar-refractivity contribution < 1.29 is 9.59 Å². The molecule has 2 N–H and O–H groups in total. The van der Waals surface area contributed by atoms with Gasteiger partial charge in [0, 0.05) is 44.4 Å². The summed E-state index contributed by atoms with van der Waals surface area (Å²) in [5.74, 6) is 0.642. The van der Waals surface area contributed by atoms with Gasteiger partial charge in [-0.25, -0.2) is 0 Å². The lowest BCUT2D eigenvalue weighted by Gasteiger charge is -2.13. The van der Waals surface area contributed by atoms with Gasteiger partial charge in [0.25, 0.3) is 0 Å². The monoisotopic (exact) mass is 289 g/mol. The van der Waals surface area contributed by atoms with Gasteiger partial charge in [0.05, 0.1) is 0 Å². The Bertz CT molecular complexity index is 511. The second-order valence-electron chi connectivity index (χ2n) is 5.85. The first-order valence-corrected chi connectivity index (χ1v) is 7.32. The Labute approximate surface area is 125 Å². The van der Waals surface area contributed by atoms with Crippen molar-refractivity contribution in [1.82, 2.24) is 5.32 Å². The first kappa shape index (κ1) is 15.4. The van der Waals surface area contributed by atoms with E-state index in [-0.39, 0.29) is 17.7 Å². The van der Waals surface area contributed by atoms with Gasteiger partial charge in [-0.15, -0.1) is 0 Å². The Balaban J connectivity index is 1.70. The minimum absolute atomic E-state index is 0.0747. The molecule has 0 saturated heterocycles. The Morgan fingerprint density at radius 2 is 1.86 bits per heavy atom. The van der Waals surface area contributed by atoms with Crippen LogP contribution in [0.25, 0.3) is 0 Å². The Hall–Kier alpha value is -2.04. The molecule has 1 aliphatic carbocycles. The number of nitrogens with one attached hydrogen (secondary N) is 2. The quantitative estimate of drug-likeness (QED) is 0.840. The van der Waals surface area contributed by atoms with Crippen LogP contribution in [0.4, 0.5) is 11.4 Å². The number of rotatable bonds is 6. The summed E-state index contributed by atoms with van der Waals surface area (Å²) in [5.41, 5.74) is 1.85. The standard InChI is InChI=1S/C16H23N3O2/c1-11-10-14(11)16(21)17-9-8-15(20)18-12-4-6-13(7-5-12)19(2)3/h4-7,11,14H,8-10H2,1-3H3,(H,17,21)(H,18,20)/t11-,14+/m1/s1. The van der Waals surface area contributed by atoms with Crippen molar-refractivity contribution in [1.29, 1.82) is 0 Å². The fraction of sp³-hybridized carbons (Fsp3) is 0.500. The molecular formula is C16H23N3O2. The molecule has 0 bridgehead atoms. The minimum atomic E-state index is -0.0863. The van der Waals surface area contributed by atoms with E-state index < -0.39 is 0 Å². The fourth-order valence-electron chi connectivity index (χ4n) is 2.18. The second-order valence-corrected chi connectivity index (χ2v) is 5.85. The van der Waals surface area contributed by atoms with Gasteiger partial charge in [-0.3, -0.25) is 9.59 Å². The summed E-state index contributed by atoms with van der Waals surface area (Å²) in [6.45, 7) is 2.46. The van der Waals surface area contributed by atoms with Gasteiger partial charge in [0.1, 0.15) is 0 Å². The summed E-state index contributed by atoms with van der Waals surface area (Å²) < 4.78 is 0. The largest absolute Gasteiger partial charge is 0.378 e. The Kier molecular flexibility index (Phi) is 4.83. The SMILES string of the molecule is C[C@@H]1C[C@@H]1C(=O)NCCC(=O)Nc1ccc(N(C)C)cc1. The summed E-state index contributed by atoms with van der Waals surface area (Å²) >= 11 is 0. The molecule has 114 valence electrons. The number of hydrogen-bond acceptors (Lipinski definition) is 3. The molecule has 1 aliphatic rings. The Morgan fingerprint density at radius 1 is 1.24 bits per heavy atom. The van der Waals surface area contributed by atoms with Crippen molar-refractivity contribution in [2.24, 2.45) is 11.8 Å². The van der Waals surface area contributed by atoms with Crippen LogP contribution in [0.15, 0.2) is 24.3 Å². The second kappa shape index (κ2) is 6.61. The predicted molar refractivity (Wildman–Crippen MR) is 84.3 cm³/mol. The average Bonchev–Trinajstić information content (AvgIpc) is 3.16. The molecule has 0 aromatic heterocycles. The first-order valence-electron chi connectivity index (χ1n) is 7.32. The van der Waals surface area contributed by atoms with E-state index in [9.17, 15) is 9.59 Å². The summed E-state index contributed by atoms with van der Waals surface area (Å²) in [5, 5.41) is 5.64. The molecule has 1 aromatic carbocycles. The van der Waals surface area contributed by atoms with Crippen LogP contribution < -0.4 is 15.5 Å². The van der Waals surface area contributed by atoms with Gasteiger partial charge in [-0.05, 0) is 36.6 Å². The van der Waals surface area contributed by atoms with E-state index in [2.05, 4.69) is 17.6 Å². The molecule has 5 nitrogen and oxygen atoms in total. The molecule has 1 saturated carbocycles. The zero-order valence-corrected chi connectivity index (χ0v) is 12.8. The van der Waals surface area contributed by atoms with E-state index in [1.807, 2.05) is 43.3 Å². The van der Waals surface area contributed by atoms with Crippen molar-refractivity contribution in [2.45, 2.75) is 19.8 Å². The van der Waals surface area contributed by atoms with Gasteiger partial charge in [0.15, 0.2) is 0 Å². The maximum atomic E-state index is 11.8. The highest BCUT2D eigenvalue weighted by Crippen LogP contribution is 2.37. The van der Waals surface area contributed by atoms with E-state index in [0.29, 0.717) is 18.9 Å². The average molecular weight is 289 g/mol. The van der Waals surface area contributed by atoms with Gasteiger partial charge in [-0.2, -0.15) is 0 Å². The van der Waals surface area contributed by atoms with Crippen molar-refractivity contribution >= 4 is 23.2 Å².